The van der Waals surface area contributed by atoms with Crippen LogP contribution in [0.3, 0.4) is 0 Å². The normalized spacial score (nSPS) is 10.5. The highest BCUT2D eigenvalue weighted by Gasteiger charge is 2.23. The molecule has 0 aliphatic heterocycles. The molecule has 0 unspecified atom stereocenters. The van der Waals surface area contributed by atoms with Crippen molar-refractivity contribution in [1.82, 2.24) is 0 Å². The van der Waals surface area contributed by atoms with Crippen molar-refractivity contribution < 1.29 is 24.0 Å². The zero-order chi connectivity index (χ0) is 20.1. The Morgan fingerprint density at radius 1 is 1.25 bits per heavy atom. The van der Waals surface area contributed by atoms with Crippen molar-refractivity contribution in [2.75, 3.05) is 11.9 Å². The molecule has 6 nitrogen and oxygen atoms in total. The molecule has 1 aromatic carbocycles. The van der Waals surface area contributed by atoms with Crippen LogP contribution in [0, 0.1) is 0 Å². The molecule has 1 amide bonds. The lowest BCUT2D eigenvalue weighted by molar-refractivity contribution is -0.684. The summed E-state index contributed by atoms with van der Waals surface area (Å²) < 4.78 is 6.72. The molecule has 3 aromatic rings. The number of thiophene rings is 1. The van der Waals surface area contributed by atoms with E-state index in [1.165, 1.54) is 23.6 Å². The van der Waals surface area contributed by atoms with Gasteiger partial charge >= 0.3 is 5.97 Å². The molecular weight excluding hydrogens is 400 g/mol. The SMILES string of the molecule is CCOC(=O)c1c(-c2ccc(Cl)cc2)csc1NC(=O)C[n+]1cccc(O)c1. The van der Waals surface area contributed by atoms with Gasteiger partial charge in [-0.25, -0.2) is 4.79 Å². The van der Waals surface area contributed by atoms with E-state index in [0.717, 1.165) is 5.56 Å². The van der Waals surface area contributed by atoms with Crippen molar-refractivity contribution in [3.05, 3.63) is 64.8 Å². The zero-order valence-corrected chi connectivity index (χ0v) is 16.6. The lowest BCUT2D eigenvalue weighted by Crippen LogP contribution is -2.39. The Morgan fingerprint density at radius 2 is 2.00 bits per heavy atom. The maximum Gasteiger partial charge on any atom is 0.341 e. The van der Waals surface area contributed by atoms with Gasteiger partial charge in [-0.2, -0.15) is 4.57 Å². The summed E-state index contributed by atoms with van der Waals surface area (Å²) in [5.74, 6) is -0.775. The second-order valence-electron chi connectivity index (χ2n) is 5.86. The molecule has 0 saturated carbocycles. The van der Waals surface area contributed by atoms with Crippen LogP contribution in [-0.2, 0) is 16.1 Å². The van der Waals surface area contributed by atoms with Gasteiger partial charge in [0.25, 0.3) is 5.91 Å². The van der Waals surface area contributed by atoms with Crippen LogP contribution >= 0.6 is 22.9 Å². The molecule has 3 rings (SSSR count). The number of amides is 1. The van der Waals surface area contributed by atoms with Crippen molar-refractivity contribution in [2.45, 2.75) is 13.5 Å². The number of pyridine rings is 1. The van der Waals surface area contributed by atoms with Crippen molar-refractivity contribution >= 4 is 39.8 Å². The molecule has 144 valence electrons. The minimum Gasteiger partial charge on any atom is -0.503 e. The fourth-order valence-electron chi connectivity index (χ4n) is 2.64. The summed E-state index contributed by atoms with van der Waals surface area (Å²) in [5, 5.41) is 15.1. The Morgan fingerprint density at radius 3 is 2.68 bits per heavy atom. The molecule has 0 spiro atoms. The number of hydrogen-bond acceptors (Lipinski definition) is 5. The highest BCUT2D eigenvalue weighted by Crippen LogP contribution is 2.36. The summed E-state index contributed by atoms with van der Waals surface area (Å²) in [6.45, 7) is 1.94. The first kappa shape index (κ1) is 19.9. The predicted octanol–water partition coefficient (Wildman–Crippen LogP) is 3.88. The van der Waals surface area contributed by atoms with E-state index in [4.69, 9.17) is 16.3 Å². The number of carbonyl (C=O) groups is 2. The fourth-order valence-corrected chi connectivity index (χ4v) is 3.74. The third-order valence-electron chi connectivity index (χ3n) is 3.85. The molecule has 2 N–H and O–H groups in total. The monoisotopic (exact) mass is 417 g/mol. The average Bonchev–Trinajstić information content (AvgIpc) is 3.06. The number of halogens is 1. The molecular formula is C20H18ClN2O4S+. The first-order valence-electron chi connectivity index (χ1n) is 8.50. The van der Waals surface area contributed by atoms with Crippen LogP contribution in [-0.4, -0.2) is 23.6 Å². The van der Waals surface area contributed by atoms with E-state index in [2.05, 4.69) is 5.32 Å². The van der Waals surface area contributed by atoms with Gasteiger partial charge in [0.05, 0.1) is 6.61 Å². The Balaban J connectivity index is 1.88. The van der Waals surface area contributed by atoms with E-state index in [0.29, 0.717) is 21.2 Å². The first-order chi connectivity index (χ1) is 13.5. The van der Waals surface area contributed by atoms with Crippen LogP contribution in [0.1, 0.15) is 17.3 Å². The standard InChI is InChI=1S/C20H17ClN2O4S/c1-2-27-20(26)18-16(13-5-7-14(21)8-6-13)12-28-19(18)22-17(25)11-23-9-3-4-15(24)10-23/h3-10,12H,2,11H2,1H3,(H-,22,24,25,26)/p+1. The van der Waals surface area contributed by atoms with Gasteiger partial charge in [0, 0.05) is 22.0 Å². The molecule has 0 saturated heterocycles. The number of aromatic nitrogens is 1. The number of rotatable bonds is 6. The quantitative estimate of drug-likeness (QED) is 0.471. The molecule has 0 atom stereocenters. The van der Waals surface area contributed by atoms with Gasteiger partial charge in [0.1, 0.15) is 10.6 Å². The zero-order valence-electron chi connectivity index (χ0n) is 15.0. The summed E-state index contributed by atoms with van der Waals surface area (Å²) in [7, 11) is 0. The highest BCUT2D eigenvalue weighted by atomic mass is 35.5. The van der Waals surface area contributed by atoms with Gasteiger partial charge in [0.2, 0.25) is 12.7 Å². The third kappa shape index (κ3) is 4.68. The Hall–Kier alpha value is -2.90. The Kier molecular flexibility index (Phi) is 6.28. The molecule has 0 aliphatic rings. The number of benzene rings is 1. The van der Waals surface area contributed by atoms with Crippen LogP contribution in [0.15, 0.2) is 54.2 Å². The molecule has 2 heterocycles. The lowest BCUT2D eigenvalue weighted by atomic mass is 10.0. The van der Waals surface area contributed by atoms with Gasteiger partial charge in [-0.15, -0.1) is 11.3 Å². The number of esters is 1. The summed E-state index contributed by atoms with van der Waals surface area (Å²) in [4.78, 5) is 25.0. The fraction of sp³-hybridized carbons (Fsp3) is 0.150. The maximum absolute atomic E-state index is 12.5. The molecule has 0 aliphatic carbocycles. The van der Waals surface area contributed by atoms with Crippen LogP contribution in [0.4, 0.5) is 5.00 Å². The highest BCUT2D eigenvalue weighted by molar-refractivity contribution is 7.15. The Bertz CT molecular complexity index is 1000. The van der Waals surface area contributed by atoms with Crippen LogP contribution < -0.4 is 9.88 Å². The number of nitrogens with zero attached hydrogens (tertiary/aromatic N) is 1. The number of nitrogens with one attached hydrogen (secondary N) is 1. The summed E-state index contributed by atoms with van der Waals surface area (Å²) in [5.41, 5.74) is 1.77. The van der Waals surface area contributed by atoms with E-state index in [1.54, 1.807) is 53.4 Å². The van der Waals surface area contributed by atoms with Crippen LogP contribution in [0.5, 0.6) is 5.75 Å². The molecule has 28 heavy (non-hydrogen) atoms. The summed E-state index contributed by atoms with van der Waals surface area (Å²) in [6.07, 6.45) is 3.11. The number of hydrogen-bond donors (Lipinski definition) is 2. The average molecular weight is 418 g/mol. The molecule has 2 aromatic heterocycles. The van der Waals surface area contributed by atoms with Gasteiger partial charge in [-0.3, -0.25) is 4.79 Å². The largest absolute Gasteiger partial charge is 0.503 e. The summed E-state index contributed by atoms with van der Waals surface area (Å²) in [6, 6.07) is 10.2. The number of anilines is 1. The first-order valence-corrected chi connectivity index (χ1v) is 9.76. The van der Waals surface area contributed by atoms with E-state index < -0.39 is 5.97 Å². The molecule has 8 heteroatoms. The van der Waals surface area contributed by atoms with Crippen molar-refractivity contribution in [3.63, 3.8) is 0 Å². The smallest absolute Gasteiger partial charge is 0.341 e. The van der Waals surface area contributed by atoms with Crippen molar-refractivity contribution in [2.24, 2.45) is 0 Å². The number of ether oxygens (including phenoxy) is 1. The van der Waals surface area contributed by atoms with Crippen molar-refractivity contribution in [1.29, 1.82) is 0 Å². The maximum atomic E-state index is 12.5. The second-order valence-corrected chi connectivity index (χ2v) is 7.18. The molecule has 0 fully saturated rings. The van der Waals surface area contributed by atoms with Crippen LogP contribution in [0.2, 0.25) is 5.02 Å². The van der Waals surface area contributed by atoms with Crippen LogP contribution in [0.25, 0.3) is 11.1 Å². The Labute approximate surface area is 171 Å². The molecule has 0 bridgehead atoms. The predicted molar refractivity (Wildman–Crippen MR) is 108 cm³/mol. The van der Waals surface area contributed by atoms with E-state index in [1.807, 2.05) is 0 Å². The second kappa shape index (κ2) is 8.86. The topological polar surface area (TPSA) is 79.5 Å². The van der Waals surface area contributed by atoms with E-state index >= 15 is 0 Å². The van der Waals surface area contributed by atoms with Gasteiger partial charge in [0.15, 0.2) is 11.9 Å². The number of carbonyl (C=O) groups excluding carboxylic acids is 2. The van der Waals surface area contributed by atoms with Crippen molar-refractivity contribution in [3.8, 4) is 16.9 Å². The van der Waals surface area contributed by atoms with E-state index in [9.17, 15) is 14.7 Å². The minimum absolute atomic E-state index is 0.00908. The third-order valence-corrected chi connectivity index (χ3v) is 4.99. The molecule has 0 radical (unpaired) electrons. The van der Waals surface area contributed by atoms with Gasteiger partial charge in [-0.1, -0.05) is 23.7 Å². The number of aromatic hydroxyl groups is 1. The van der Waals surface area contributed by atoms with E-state index in [-0.39, 0.29) is 24.8 Å². The lowest BCUT2D eigenvalue weighted by Gasteiger charge is -2.08. The summed E-state index contributed by atoms with van der Waals surface area (Å²) >= 11 is 7.19. The minimum atomic E-state index is -0.506. The van der Waals surface area contributed by atoms with Gasteiger partial charge in [-0.05, 0) is 30.7 Å². The van der Waals surface area contributed by atoms with Gasteiger partial charge < -0.3 is 15.2 Å².